The lowest BCUT2D eigenvalue weighted by Crippen LogP contribution is -2.40. The van der Waals surface area contributed by atoms with Crippen LogP contribution in [0.25, 0.3) is 0 Å². The number of carbonyl (C=O) groups excluding carboxylic acids is 1. The van der Waals surface area contributed by atoms with Crippen LogP contribution in [0.3, 0.4) is 0 Å². The van der Waals surface area contributed by atoms with Gasteiger partial charge >= 0.3 is 0 Å². The Kier molecular flexibility index (Phi) is 7.85. The highest BCUT2D eigenvalue weighted by molar-refractivity contribution is 5.76. The normalized spacial score (nSPS) is 17.0. The lowest BCUT2D eigenvalue weighted by Gasteiger charge is -2.31. The number of aromatic nitrogens is 1. The van der Waals surface area contributed by atoms with Crippen LogP contribution in [-0.4, -0.2) is 41.5 Å². The number of aryl methyl sites for hydroxylation is 1. The average molecular weight is 382 g/mol. The van der Waals surface area contributed by atoms with Crippen molar-refractivity contribution in [3.8, 4) is 5.75 Å². The smallest absolute Gasteiger partial charge is 0.223 e. The van der Waals surface area contributed by atoms with Crippen molar-refractivity contribution in [2.24, 2.45) is 0 Å². The number of nitrogens with one attached hydrogen (secondary N) is 1. The van der Waals surface area contributed by atoms with Gasteiger partial charge in [-0.3, -0.25) is 9.78 Å². The van der Waals surface area contributed by atoms with Crippen molar-refractivity contribution in [2.45, 2.75) is 51.6 Å². The molecule has 1 amide bonds. The zero-order chi connectivity index (χ0) is 19.6. The average Bonchev–Trinajstić information content (AvgIpc) is 3.02. The molecule has 150 valence electrons. The Balaban J connectivity index is 1.64. The number of pyridine rings is 1. The SMILES string of the molecule is CCOc1ccc(CCC(=O)N(Cc2ccccn2)C2CCCNCC2)cc1. The first-order chi connectivity index (χ1) is 13.8. The van der Waals surface area contributed by atoms with Crippen molar-refractivity contribution in [3.63, 3.8) is 0 Å². The number of rotatable bonds is 8. The molecule has 0 radical (unpaired) electrons. The molecule has 0 bridgehead atoms. The second-order valence-electron chi connectivity index (χ2n) is 7.25. The van der Waals surface area contributed by atoms with Crippen LogP contribution in [0.2, 0.25) is 0 Å². The van der Waals surface area contributed by atoms with Crippen molar-refractivity contribution in [1.82, 2.24) is 15.2 Å². The second-order valence-corrected chi connectivity index (χ2v) is 7.25. The maximum Gasteiger partial charge on any atom is 0.223 e. The van der Waals surface area contributed by atoms with Crippen molar-refractivity contribution < 1.29 is 9.53 Å². The largest absolute Gasteiger partial charge is 0.494 e. The molecule has 1 aliphatic heterocycles. The van der Waals surface area contributed by atoms with Crippen LogP contribution in [0.5, 0.6) is 5.75 Å². The molecule has 1 aromatic heterocycles. The third-order valence-corrected chi connectivity index (χ3v) is 5.23. The topological polar surface area (TPSA) is 54.5 Å². The van der Waals surface area contributed by atoms with E-state index in [2.05, 4.69) is 27.3 Å². The molecule has 28 heavy (non-hydrogen) atoms. The van der Waals surface area contributed by atoms with Gasteiger partial charge in [-0.15, -0.1) is 0 Å². The summed E-state index contributed by atoms with van der Waals surface area (Å²) in [6.07, 6.45) is 6.22. The van der Waals surface area contributed by atoms with Crippen molar-refractivity contribution in [2.75, 3.05) is 19.7 Å². The monoisotopic (exact) mass is 381 g/mol. The third kappa shape index (κ3) is 6.06. The Hall–Kier alpha value is -2.40. The number of nitrogens with zero attached hydrogens (tertiary/aromatic N) is 2. The lowest BCUT2D eigenvalue weighted by molar-refractivity contribution is -0.134. The molecule has 1 aromatic carbocycles. The predicted octanol–water partition coefficient (Wildman–Crippen LogP) is 3.58. The van der Waals surface area contributed by atoms with E-state index >= 15 is 0 Å². The first-order valence-electron chi connectivity index (χ1n) is 10.4. The Morgan fingerprint density at radius 1 is 1.18 bits per heavy atom. The van der Waals surface area contributed by atoms with Gasteiger partial charge in [0.15, 0.2) is 0 Å². The summed E-state index contributed by atoms with van der Waals surface area (Å²) < 4.78 is 5.49. The first kappa shape index (κ1) is 20.3. The number of amides is 1. The van der Waals surface area contributed by atoms with E-state index in [1.54, 1.807) is 6.20 Å². The fourth-order valence-corrected chi connectivity index (χ4v) is 3.71. The number of benzene rings is 1. The fourth-order valence-electron chi connectivity index (χ4n) is 3.71. The Morgan fingerprint density at radius 2 is 2.04 bits per heavy atom. The number of hydrogen-bond acceptors (Lipinski definition) is 4. The standard InChI is InChI=1S/C23H31N3O2/c1-2-28-22-11-8-19(9-12-22)10-13-23(27)26(18-20-6-3-4-16-25-20)21-7-5-15-24-17-14-21/h3-4,6,8-9,11-12,16,21,24H,2,5,7,10,13-15,17-18H2,1H3. The summed E-state index contributed by atoms with van der Waals surface area (Å²) in [5.74, 6) is 1.09. The van der Waals surface area contributed by atoms with E-state index in [4.69, 9.17) is 4.74 Å². The summed E-state index contributed by atoms with van der Waals surface area (Å²) in [7, 11) is 0. The molecular weight excluding hydrogens is 350 g/mol. The van der Waals surface area contributed by atoms with Gasteiger partial charge in [0.05, 0.1) is 18.8 Å². The molecule has 0 saturated carbocycles. The van der Waals surface area contributed by atoms with Gasteiger partial charge in [-0.25, -0.2) is 0 Å². The Labute approximate surface area is 168 Å². The van der Waals surface area contributed by atoms with Gasteiger partial charge in [-0.1, -0.05) is 18.2 Å². The van der Waals surface area contributed by atoms with Crippen LogP contribution in [0.1, 0.15) is 43.9 Å². The number of hydrogen-bond donors (Lipinski definition) is 1. The summed E-state index contributed by atoms with van der Waals surface area (Å²) >= 11 is 0. The highest BCUT2D eigenvalue weighted by Crippen LogP contribution is 2.19. The van der Waals surface area contributed by atoms with Gasteiger partial charge in [0.25, 0.3) is 0 Å². The zero-order valence-electron chi connectivity index (χ0n) is 16.8. The third-order valence-electron chi connectivity index (χ3n) is 5.23. The van der Waals surface area contributed by atoms with Crippen LogP contribution in [0, 0.1) is 0 Å². The molecule has 2 heterocycles. The second kappa shape index (κ2) is 10.8. The van der Waals surface area contributed by atoms with Gasteiger partial charge in [0.2, 0.25) is 5.91 Å². The van der Waals surface area contributed by atoms with Gasteiger partial charge < -0.3 is 15.0 Å². The number of ether oxygens (including phenoxy) is 1. The van der Waals surface area contributed by atoms with E-state index in [0.717, 1.165) is 55.8 Å². The minimum Gasteiger partial charge on any atom is -0.494 e. The summed E-state index contributed by atoms with van der Waals surface area (Å²) in [4.78, 5) is 19.7. The van der Waals surface area contributed by atoms with Gasteiger partial charge in [-0.2, -0.15) is 0 Å². The highest BCUT2D eigenvalue weighted by atomic mass is 16.5. The van der Waals surface area contributed by atoms with Crippen LogP contribution in [0.15, 0.2) is 48.7 Å². The summed E-state index contributed by atoms with van der Waals surface area (Å²) in [6.45, 7) is 5.24. The highest BCUT2D eigenvalue weighted by Gasteiger charge is 2.24. The van der Waals surface area contributed by atoms with Crippen LogP contribution in [0.4, 0.5) is 0 Å². The molecule has 1 unspecified atom stereocenters. The van der Waals surface area contributed by atoms with Crippen molar-refractivity contribution in [3.05, 3.63) is 59.9 Å². The summed E-state index contributed by atoms with van der Waals surface area (Å²) in [5.41, 5.74) is 2.12. The predicted molar refractivity (Wildman–Crippen MR) is 111 cm³/mol. The van der Waals surface area contributed by atoms with Crippen LogP contribution < -0.4 is 10.1 Å². The lowest BCUT2D eigenvalue weighted by atomic mass is 10.0. The minimum absolute atomic E-state index is 0.214. The van der Waals surface area contributed by atoms with Gasteiger partial charge in [-0.05, 0) is 75.5 Å². The zero-order valence-corrected chi connectivity index (χ0v) is 16.8. The molecule has 0 spiro atoms. The molecule has 1 fully saturated rings. The first-order valence-corrected chi connectivity index (χ1v) is 10.4. The molecule has 5 heteroatoms. The molecule has 0 aliphatic carbocycles. The Bertz CT molecular complexity index is 710. The number of carbonyl (C=O) groups is 1. The van der Waals surface area contributed by atoms with Gasteiger partial charge in [0.1, 0.15) is 5.75 Å². The van der Waals surface area contributed by atoms with E-state index in [0.29, 0.717) is 19.6 Å². The molecule has 1 atom stereocenters. The van der Waals surface area contributed by atoms with Crippen molar-refractivity contribution in [1.29, 1.82) is 0 Å². The van der Waals surface area contributed by atoms with Crippen LogP contribution >= 0.6 is 0 Å². The van der Waals surface area contributed by atoms with Crippen molar-refractivity contribution >= 4 is 5.91 Å². The van der Waals surface area contributed by atoms with E-state index in [1.807, 2.05) is 37.3 Å². The van der Waals surface area contributed by atoms with Gasteiger partial charge in [0, 0.05) is 18.7 Å². The fraction of sp³-hybridized carbons (Fsp3) is 0.478. The molecule has 3 rings (SSSR count). The van der Waals surface area contributed by atoms with Crippen LogP contribution in [-0.2, 0) is 17.8 Å². The molecule has 5 nitrogen and oxygen atoms in total. The molecular formula is C23H31N3O2. The van der Waals surface area contributed by atoms with E-state index in [-0.39, 0.29) is 11.9 Å². The Morgan fingerprint density at radius 3 is 2.79 bits per heavy atom. The molecule has 2 aromatic rings. The minimum atomic E-state index is 0.214. The maximum atomic E-state index is 13.2. The van der Waals surface area contributed by atoms with E-state index < -0.39 is 0 Å². The molecule has 1 N–H and O–H groups in total. The summed E-state index contributed by atoms with van der Waals surface area (Å²) in [6, 6.07) is 14.2. The van der Waals surface area contributed by atoms with E-state index in [1.165, 1.54) is 0 Å². The molecule has 1 saturated heterocycles. The summed E-state index contributed by atoms with van der Waals surface area (Å²) in [5, 5.41) is 3.44. The maximum absolute atomic E-state index is 13.2. The van der Waals surface area contributed by atoms with E-state index in [9.17, 15) is 4.79 Å². The molecule has 1 aliphatic rings. The quantitative estimate of drug-likeness (QED) is 0.759.